The second-order valence-corrected chi connectivity index (χ2v) is 7.14. The first-order chi connectivity index (χ1) is 7.65. The SMILES string of the molecule is O=C1c2cc(Cl)sc2CCc2sc(Cl)cc21. The summed E-state index contributed by atoms with van der Waals surface area (Å²) in [5.41, 5.74) is 1.51. The monoisotopic (exact) mass is 288 g/mol. The Hall–Kier alpha value is -0.350. The molecule has 0 aromatic carbocycles. The van der Waals surface area contributed by atoms with Gasteiger partial charge in [0, 0.05) is 20.9 Å². The molecule has 5 heteroatoms. The fourth-order valence-electron chi connectivity index (χ4n) is 1.92. The molecule has 3 rings (SSSR count). The van der Waals surface area contributed by atoms with Gasteiger partial charge in [0.25, 0.3) is 0 Å². The first kappa shape index (κ1) is 10.8. The van der Waals surface area contributed by atoms with E-state index < -0.39 is 0 Å². The number of rotatable bonds is 0. The van der Waals surface area contributed by atoms with Crippen molar-refractivity contribution in [3.05, 3.63) is 41.7 Å². The Kier molecular flexibility index (Phi) is 2.59. The van der Waals surface area contributed by atoms with Crippen molar-refractivity contribution in [3.8, 4) is 0 Å². The van der Waals surface area contributed by atoms with Gasteiger partial charge in [-0.2, -0.15) is 0 Å². The summed E-state index contributed by atoms with van der Waals surface area (Å²) in [4.78, 5) is 14.4. The van der Waals surface area contributed by atoms with Crippen LogP contribution < -0.4 is 0 Å². The van der Waals surface area contributed by atoms with Crippen molar-refractivity contribution in [2.24, 2.45) is 0 Å². The molecule has 1 aliphatic rings. The molecule has 0 N–H and O–H groups in total. The maximum Gasteiger partial charge on any atom is 0.195 e. The number of aryl methyl sites for hydroxylation is 2. The Morgan fingerprint density at radius 2 is 1.38 bits per heavy atom. The molecular weight excluding hydrogens is 283 g/mol. The molecule has 1 nitrogen and oxygen atoms in total. The molecule has 0 aliphatic heterocycles. The topological polar surface area (TPSA) is 17.1 Å². The molecule has 2 aromatic rings. The van der Waals surface area contributed by atoms with Crippen LogP contribution in [0.1, 0.15) is 25.7 Å². The molecule has 0 bridgehead atoms. The minimum atomic E-state index is 0.0637. The van der Waals surface area contributed by atoms with E-state index in [-0.39, 0.29) is 5.78 Å². The third-order valence-electron chi connectivity index (χ3n) is 2.63. The standard InChI is InChI=1S/C11H6Cl2OS2/c12-9-3-5-7(15-9)1-2-8-6(11(5)14)4-10(13)16-8/h3-4H,1-2H2. The highest BCUT2D eigenvalue weighted by Crippen LogP contribution is 2.37. The van der Waals surface area contributed by atoms with E-state index >= 15 is 0 Å². The Balaban J connectivity index is 2.19. The van der Waals surface area contributed by atoms with Crippen molar-refractivity contribution < 1.29 is 4.79 Å². The Labute approximate surface area is 111 Å². The maximum absolute atomic E-state index is 12.3. The molecule has 0 radical (unpaired) electrons. The van der Waals surface area contributed by atoms with Crippen LogP contribution in [-0.2, 0) is 12.8 Å². The number of ketones is 1. The number of fused-ring (bicyclic) bond motifs is 2. The second-order valence-electron chi connectivity index (χ2n) is 3.60. The van der Waals surface area contributed by atoms with E-state index in [2.05, 4.69) is 0 Å². The maximum atomic E-state index is 12.3. The Morgan fingerprint density at radius 1 is 0.938 bits per heavy atom. The minimum Gasteiger partial charge on any atom is -0.289 e. The lowest BCUT2D eigenvalue weighted by molar-refractivity contribution is 0.103. The highest BCUT2D eigenvalue weighted by atomic mass is 35.5. The number of carbonyl (C=O) groups is 1. The van der Waals surface area contributed by atoms with Gasteiger partial charge in [-0.25, -0.2) is 0 Å². The summed E-state index contributed by atoms with van der Waals surface area (Å²) in [5.74, 6) is 0.0637. The van der Waals surface area contributed by atoms with Crippen molar-refractivity contribution in [1.29, 1.82) is 0 Å². The van der Waals surface area contributed by atoms with Gasteiger partial charge in [0.15, 0.2) is 5.78 Å². The lowest BCUT2D eigenvalue weighted by Gasteiger charge is -1.94. The Morgan fingerprint density at radius 3 is 1.81 bits per heavy atom. The van der Waals surface area contributed by atoms with E-state index in [1.165, 1.54) is 22.7 Å². The predicted octanol–water partition coefficient (Wildman–Crippen LogP) is 4.45. The molecule has 0 saturated carbocycles. The van der Waals surface area contributed by atoms with E-state index in [0.717, 1.165) is 33.7 Å². The third-order valence-corrected chi connectivity index (χ3v) is 5.27. The van der Waals surface area contributed by atoms with Crippen molar-refractivity contribution in [3.63, 3.8) is 0 Å². The molecule has 0 saturated heterocycles. The molecule has 2 aromatic heterocycles. The van der Waals surface area contributed by atoms with Crippen LogP contribution in [-0.4, -0.2) is 5.78 Å². The summed E-state index contributed by atoms with van der Waals surface area (Å²) >= 11 is 14.9. The van der Waals surface area contributed by atoms with E-state index in [9.17, 15) is 4.79 Å². The summed E-state index contributed by atoms with van der Waals surface area (Å²) in [6, 6.07) is 3.54. The van der Waals surface area contributed by atoms with E-state index in [0.29, 0.717) is 8.67 Å². The fourth-order valence-corrected chi connectivity index (χ4v) is 4.45. The highest BCUT2D eigenvalue weighted by Gasteiger charge is 2.25. The van der Waals surface area contributed by atoms with Crippen LogP contribution in [0.5, 0.6) is 0 Å². The van der Waals surface area contributed by atoms with Gasteiger partial charge in [0.1, 0.15) is 0 Å². The molecule has 82 valence electrons. The van der Waals surface area contributed by atoms with Crippen molar-refractivity contribution in [1.82, 2.24) is 0 Å². The lowest BCUT2D eigenvalue weighted by Crippen LogP contribution is -1.99. The van der Waals surface area contributed by atoms with Crippen LogP contribution in [0.2, 0.25) is 8.67 Å². The molecule has 0 unspecified atom stereocenters. The van der Waals surface area contributed by atoms with Gasteiger partial charge in [0.05, 0.1) is 8.67 Å². The van der Waals surface area contributed by atoms with Gasteiger partial charge in [-0.05, 0) is 25.0 Å². The number of hydrogen-bond donors (Lipinski definition) is 0. The highest BCUT2D eigenvalue weighted by molar-refractivity contribution is 7.17. The molecule has 0 amide bonds. The van der Waals surface area contributed by atoms with Crippen LogP contribution in [0, 0.1) is 0 Å². The van der Waals surface area contributed by atoms with Crippen LogP contribution >= 0.6 is 45.9 Å². The summed E-state index contributed by atoms with van der Waals surface area (Å²) in [5, 5.41) is 0. The molecule has 1 aliphatic carbocycles. The van der Waals surface area contributed by atoms with Crippen LogP contribution in [0.25, 0.3) is 0 Å². The van der Waals surface area contributed by atoms with Gasteiger partial charge in [-0.15, -0.1) is 22.7 Å². The van der Waals surface area contributed by atoms with Gasteiger partial charge in [-0.1, -0.05) is 23.2 Å². The summed E-state index contributed by atoms with van der Waals surface area (Å²) in [6.45, 7) is 0. The van der Waals surface area contributed by atoms with Gasteiger partial charge in [-0.3, -0.25) is 4.79 Å². The zero-order chi connectivity index (χ0) is 11.3. The average Bonchev–Trinajstić information content (AvgIpc) is 2.75. The van der Waals surface area contributed by atoms with Crippen molar-refractivity contribution in [2.75, 3.05) is 0 Å². The van der Waals surface area contributed by atoms with E-state index in [1.807, 2.05) is 0 Å². The largest absolute Gasteiger partial charge is 0.289 e. The number of thiophene rings is 2. The normalized spacial score (nSPS) is 14.5. The quantitative estimate of drug-likeness (QED) is 0.700. The first-order valence-corrected chi connectivity index (χ1v) is 7.15. The van der Waals surface area contributed by atoms with E-state index in [1.54, 1.807) is 12.1 Å². The minimum absolute atomic E-state index is 0.0637. The summed E-state index contributed by atoms with van der Waals surface area (Å²) in [7, 11) is 0. The van der Waals surface area contributed by atoms with Gasteiger partial charge in [0.2, 0.25) is 0 Å². The smallest absolute Gasteiger partial charge is 0.195 e. The van der Waals surface area contributed by atoms with Gasteiger partial charge < -0.3 is 0 Å². The predicted molar refractivity (Wildman–Crippen MR) is 69.5 cm³/mol. The molecule has 2 heterocycles. The zero-order valence-corrected chi connectivity index (χ0v) is 11.2. The number of hydrogen-bond acceptors (Lipinski definition) is 3. The first-order valence-electron chi connectivity index (χ1n) is 4.76. The fraction of sp³-hybridized carbons (Fsp3) is 0.182. The lowest BCUT2D eigenvalue weighted by atomic mass is 10.1. The Bertz CT molecular complexity index is 533. The molecule has 0 atom stereocenters. The van der Waals surface area contributed by atoms with E-state index in [4.69, 9.17) is 23.2 Å². The molecular formula is C11H6Cl2OS2. The zero-order valence-electron chi connectivity index (χ0n) is 8.05. The molecule has 0 spiro atoms. The van der Waals surface area contributed by atoms with Crippen molar-refractivity contribution >= 4 is 51.7 Å². The third kappa shape index (κ3) is 1.63. The average molecular weight is 289 g/mol. The molecule has 16 heavy (non-hydrogen) atoms. The van der Waals surface area contributed by atoms with Gasteiger partial charge >= 0.3 is 0 Å². The van der Waals surface area contributed by atoms with Crippen molar-refractivity contribution in [2.45, 2.75) is 12.8 Å². The summed E-state index contributed by atoms with van der Waals surface area (Å²) < 4.78 is 1.37. The van der Waals surface area contributed by atoms with Crippen LogP contribution in [0.3, 0.4) is 0 Å². The second kappa shape index (κ2) is 3.84. The van der Waals surface area contributed by atoms with Crippen LogP contribution in [0.4, 0.5) is 0 Å². The number of carbonyl (C=O) groups excluding carboxylic acids is 1. The molecule has 0 fully saturated rings. The number of halogens is 2. The summed E-state index contributed by atoms with van der Waals surface area (Å²) in [6.07, 6.45) is 1.75. The van der Waals surface area contributed by atoms with Crippen LogP contribution in [0.15, 0.2) is 12.1 Å².